The zero-order valence-corrected chi connectivity index (χ0v) is 35.7. The van der Waals surface area contributed by atoms with Crippen molar-refractivity contribution in [3.05, 3.63) is 173 Å². The molecule has 0 amide bonds. The average molecular weight is 854 g/mol. The fourth-order valence-electron chi connectivity index (χ4n) is 5.64. The summed E-state index contributed by atoms with van der Waals surface area (Å²) in [4.78, 5) is 44.3. The Hall–Kier alpha value is -4.96. The highest BCUT2D eigenvalue weighted by Crippen LogP contribution is 2.29. The molecule has 7 nitrogen and oxygen atoms in total. The van der Waals surface area contributed by atoms with Crippen molar-refractivity contribution < 1.29 is 23.9 Å². The number of aromatic nitrogens is 2. The molecule has 0 atom stereocenters. The van der Waals surface area contributed by atoms with Crippen LogP contribution in [-0.2, 0) is 36.9 Å². The van der Waals surface area contributed by atoms with Gasteiger partial charge in [0.15, 0.2) is 11.6 Å². The second-order valence-electron chi connectivity index (χ2n) is 13.2. The van der Waals surface area contributed by atoms with Crippen molar-refractivity contribution in [3.63, 3.8) is 0 Å². The first-order chi connectivity index (χ1) is 26.8. The van der Waals surface area contributed by atoms with Crippen molar-refractivity contribution in [2.24, 2.45) is 0 Å². The molecule has 0 aliphatic carbocycles. The third-order valence-corrected chi connectivity index (χ3v) is 10.2. The average Bonchev–Trinajstić information content (AvgIpc) is 3.69. The fourth-order valence-corrected chi connectivity index (χ4v) is 6.75. The Morgan fingerprint density at radius 2 is 1.32 bits per heavy atom. The zero-order chi connectivity index (χ0) is 40.6. The number of hydrogen-bond donors (Lipinski definition) is 0. The molecule has 10 heteroatoms. The molecule has 0 aliphatic heterocycles. The van der Waals surface area contributed by atoms with Gasteiger partial charge in [-0.2, -0.15) is 0 Å². The van der Waals surface area contributed by atoms with Crippen LogP contribution in [0.4, 0.5) is 0 Å². The Labute approximate surface area is 347 Å². The Morgan fingerprint density at radius 3 is 1.91 bits per heavy atom. The van der Waals surface area contributed by atoms with Gasteiger partial charge in [-0.3, -0.25) is 19.4 Å². The van der Waals surface area contributed by atoms with E-state index in [0.717, 1.165) is 39.3 Å². The maximum atomic E-state index is 12.3. The van der Waals surface area contributed by atoms with Crippen LogP contribution in [-0.4, -0.2) is 41.5 Å². The molecule has 2 aromatic heterocycles. The molecular weight excluding hydrogens is 808 g/mol. The SMILES string of the molecule is COc1cc(C)ccc1C(=O)Cc1cccc(C)n1.COc1cc(CC(C)=O)c(Cl)cc1C(=O)Cc1nccs1.Cc1ccc(CCc2ccc(Br)cc2)cc1. The van der Waals surface area contributed by atoms with Gasteiger partial charge in [-0.25, -0.2) is 4.98 Å². The highest BCUT2D eigenvalue weighted by atomic mass is 79.9. The van der Waals surface area contributed by atoms with E-state index in [1.807, 2.05) is 55.6 Å². The number of halogens is 2. The first-order valence-electron chi connectivity index (χ1n) is 18.0. The second-order valence-corrected chi connectivity index (χ2v) is 15.5. The normalized spacial score (nSPS) is 10.4. The zero-order valence-electron chi connectivity index (χ0n) is 32.5. The molecule has 56 heavy (non-hydrogen) atoms. The van der Waals surface area contributed by atoms with Gasteiger partial charge in [-0.15, -0.1) is 11.3 Å². The highest BCUT2D eigenvalue weighted by Gasteiger charge is 2.18. The minimum absolute atomic E-state index is 0.000755. The quantitative estimate of drug-likeness (QED) is 0.107. The molecule has 0 aliphatic rings. The summed E-state index contributed by atoms with van der Waals surface area (Å²) in [5.74, 6) is 0.962. The van der Waals surface area contributed by atoms with Gasteiger partial charge in [0.25, 0.3) is 0 Å². The van der Waals surface area contributed by atoms with E-state index in [1.165, 1.54) is 42.1 Å². The van der Waals surface area contributed by atoms with Crippen molar-refractivity contribution in [2.45, 2.75) is 59.8 Å². The maximum Gasteiger partial charge on any atom is 0.173 e. The molecule has 0 N–H and O–H groups in total. The number of rotatable bonds is 13. The number of ketones is 3. The smallest absolute Gasteiger partial charge is 0.173 e. The van der Waals surface area contributed by atoms with Crippen LogP contribution in [0.3, 0.4) is 0 Å². The second kappa shape index (κ2) is 22.0. The molecule has 6 aromatic rings. The number of aryl methyl sites for hydroxylation is 5. The molecule has 0 saturated carbocycles. The van der Waals surface area contributed by atoms with E-state index in [0.29, 0.717) is 39.6 Å². The summed E-state index contributed by atoms with van der Waals surface area (Å²) in [6.45, 7) is 7.50. The molecule has 6 rings (SSSR count). The van der Waals surface area contributed by atoms with Gasteiger partial charge >= 0.3 is 0 Å². The molecule has 4 aromatic carbocycles. The van der Waals surface area contributed by atoms with Crippen LogP contribution in [0.25, 0.3) is 0 Å². The number of nitrogens with zero attached hydrogens (tertiary/aromatic N) is 2. The summed E-state index contributed by atoms with van der Waals surface area (Å²) in [5, 5.41) is 2.96. The molecule has 290 valence electrons. The topological polar surface area (TPSA) is 95.5 Å². The van der Waals surface area contributed by atoms with Gasteiger partial charge in [0.05, 0.1) is 38.2 Å². The van der Waals surface area contributed by atoms with Gasteiger partial charge in [0, 0.05) is 38.9 Å². The van der Waals surface area contributed by atoms with E-state index >= 15 is 0 Å². The van der Waals surface area contributed by atoms with Gasteiger partial charge < -0.3 is 9.47 Å². The number of methoxy groups -OCH3 is 2. The maximum absolute atomic E-state index is 12.3. The lowest BCUT2D eigenvalue weighted by atomic mass is 10.0. The van der Waals surface area contributed by atoms with E-state index in [4.69, 9.17) is 21.1 Å². The first-order valence-corrected chi connectivity index (χ1v) is 20.1. The summed E-state index contributed by atoms with van der Waals surface area (Å²) in [5.41, 5.74) is 8.58. The number of benzene rings is 4. The van der Waals surface area contributed by atoms with Crippen LogP contribution in [0, 0.1) is 20.8 Å². The predicted molar refractivity (Wildman–Crippen MR) is 230 cm³/mol. The Kier molecular flexibility index (Phi) is 17.2. The number of carbonyl (C=O) groups is 3. The number of ether oxygens (including phenoxy) is 2. The summed E-state index contributed by atoms with van der Waals surface area (Å²) < 4.78 is 11.7. The van der Waals surface area contributed by atoms with Crippen LogP contribution < -0.4 is 9.47 Å². The van der Waals surface area contributed by atoms with Crippen LogP contribution in [0.5, 0.6) is 11.5 Å². The van der Waals surface area contributed by atoms with Crippen molar-refractivity contribution in [1.82, 2.24) is 9.97 Å². The van der Waals surface area contributed by atoms with Crippen LogP contribution in [0.1, 0.15) is 71.9 Å². The molecular formula is C46H46BrClN2O5S. The van der Waals surface area contributed by atoms with Crippen molar-refractivity contribution >= 4 is 56.2 Å². The van der Waals surface area contributed by atoms with Gasteiger partial charge in [-0.1, -0.05) is 81.6 Å². The molecule has 0 fully saturated rings. The first kappa shape index (κ1) is 43.8. The summed E-state index contributed by atoms with van der Waals surface area (Å²) >= 11 is 11.0. The lowest BCUT2D eigenvalue weighted by molar-refractivity contribution is -0.116. The van der Waals surface area contributed by atoms with Gasteiger partial charge in [0.2, 0.25) is 0 Å². The molecule has 0 bridgehead atoms. The van der Waals surface area contributed by atoms with Crippen molar-refractivity contribution in [1.29, 1.82) is 0 Å². The number of thiazole rings is 1. The van der Waals surface area contributed by atoms with Crippen LogP contribution >= 0.6 is 38.9 Å². The summed E-state index contributed by atoms with van der Waals surface area (Å²) in [7, 11) is 3.07. The van der Waals surface area contributed by atoms with Crippen molar-refractivity contribution in [3.8, 4) is 11.5 Å². The standard InChI is InChI=1S/C16H17NO2.C15H15Br.C15H14ClNO3S/c1-11-7-8-14(16(9-11)19-3)15(18)10-13-6-4-5-12(2)17-13;1-12-2-4-13(5-3-12)6-7-14-8-10-15(16)11-9-14;1-9(18)5-10-6-14(20-2)11(7-12(10)16)13(19)8-15-17-3-4-21-15/h4-9H,10H2,1-3H3;2-5,8-11H,6-7H2,1H3;3-4,6-7H,5,8H2,1-2H3. The summed E-state index contributed by atoms with van der Waals surface area (Å²) in [6.07, 6.45) is 4.60. The third kappa shape index (κ3) is 14.0. The number of hydrogen-bond acceptors (Lipinski definition) is 8. The van der Waals surface area contributed by atoms with Crippen LogP contribution in [0.2, 0.25) is 5.02 Å². The van der Waals surface area contributed by atoms with Gasteiger partial charge in [0.1, 0.15) is 22.3 Å². The van der Waals surface area contributed by atoms with Crippen molar-refractivity contribution in [2.75, 3.05) is 14.2 Å². The van der Waals surface area contributed by atoms with E-state index < -0.39 is 0 Å². The Bertz CT molecular complexity index is 2180. The summed E-state index contributed by atoms with van der Waals surface area (Å²) in [6, 6.07) is 31.9. The molecule has 0 spiro atoms. The molecule has 2 heterocycles. The fraction of sp³-hybridized carbons (Fsp3) is 0.239. The number of Topliss-reactive ketones (excluding diaryl/α,β-unsaturated/α-hetero) is 3. The lowest BCUT2D eigenvalue weighted by Gasteiger charge is -2.11. The number of carbonyl (C=O) groups excluding carboxylic acids is 3. The van der Waals surface area contributed by atoms with E-state index in [2.05, 4.69) is 81.4 Å². The minimum Gasteiger partial charge on any atom is -0.496 e. The molecule has 0 radical (unpaired) electrons. The predicted octanol–water partition coefficient (Wildman–Crippen LogP) is 11.0. The minimum atomic E-state index is -0.113. The molecule has 0 unspecified atom stereocenters. The third-order valence-electron chi connectivity index (χ3n) is 8.58. The van der Waals surface area contributed by atoms with E-state index in [1.54, 1.807) is 25.4 Å². The Morgan fingerprint density at radius 1 is 0.714 bits per heavy atom. The molecule has 0 saturated heterocycles. The highest BCUT2D eigenvalue weighted by molar-refractivity contribution is 9.10. The largest absolute Gasteiger partial charge is 0.496 e. The van der Waals surface area contributed by atoms with Crippen LogP contribution in [0.15, 0.2) is 113 Å². The monoisotopic (exact) mass is 852 g/mol. The Balaban J connectivity index is 0.000000188. The number of pyridine rings is 1. The van der Waals surface area contributed by atoms with E-state index in [9.17, 15) is 14.4 Å². The van der Waals surface area contributed by atoms with E-state index in [-0.39, 0.29) is 30.2 Å². The lowest BCUT2D eigenvalue weighted by Crippen LogP contribution is -2.07. The van der Waals surface area contributed by atoms with Gasteiger partial charge in [-0.05, 0) is 111 Å².